The molecule has 0 saturated heterocycles. The zero-order valence-corrected chi connectivity index (χ0v) is 11.1. The van der Waals surface area contributed by atoms with Gasteiger partial charge >= 0.3 is 5.97 Å². The van der Waals surface area contributed by atoms with Crippen LogP contribution in [0.25, 0.3) is 5.69 Å². The Labute approximate surface area is 110 Å². The van der Waals surface area contributed by atoms with Crippen molar-refractivity contribution in [1.82, 2.24) is 9.78 Å². The molecule has 0 bridgehead atoms. The van der Waals surface area contributed by atoms with Crippen LogP contribution in [0.2, 0.25) is 0 Å². The zero-order valence-electron chi connectivity index (χ0n) is 10.3. The summed E-state index contributed by atoms with van der Waals surface area (Å²) < 4.78 is 1.64. The van der Waals surface area contributed by atoms with Gasteiger partial charge in [0.1, 0.15) is 5.56 Å². The van der Waals surface area contributed by atoms with Crippen molar-refractivity contribution in [2.75, 3.05) is 5.75 Å². The zero-order chi connectivity index (χ0) is 13.1. The second-order valence-electron chi connectivity index (χ2n) is 3.79. The van der Waals surface area contributed by atoms with Gasteiger partial charge in [-0.05, 0) is 36.9 Å². The van der Waals surface area contributed by atoms with E-state index < -0.39 is 5.97 Å². The van der Waals surface area contributed by atoms with Crippen molar-refractivity contribution in [3.63, 3.8) is 0 Å². The molecule has 1 N–H and O–H groups in total. The van der Waals surface area contributed by atoms with Crippen LogP contribution >= 0.6 is 11.8 Å². The maximum absolute atomic E-state index is 10.9. The molecular formula is C13H14N2O2S. The first-order valence-electron chi connectivity index (χ1n) is 5.64. The van der Waals surface area contributed by atoms with Crippen LogP contribution in [0.1, 0.15) is 23.0 Å². The Hall–Kier alpha value is -1.75. The summed E-state index contributed by atoms with van der Waals surface area (Å²) in [5.74, 6) is 0.0838. The molecule has 2 aromatic rings. The van der Waals surface area contributed by atoms with Gasteiger partial charge in [-0.25, -0.2) is 9.48 Å². The van der Waals surface area contributed by atoms with Gasteiger partial charge < -0.3 is 5.11 Å². The van der Waals surface area contributed by atoms with E-state index in [1.54, 1.807) is 23.4 Å². The molecule has 2 rings (SSSR count). The number of hydrogen-bond acceptors (Lipinski definition) is 3. The van der Waals surface area contributed by atoms with E-state index in [0.29, 0.717) is 5.69 Å². The molecule has 0 aliphatic rings. The normalized spacial score (nSPS) is 10.6. The van der Waals surface area contributed by atoms with Crippen molar-refractivity contribution in [2.24, 2.45) is 0 Å². The van der Waals surface area contributed by atoms with Gasteiger partial charge in [-0.15, -0.1) is 11.8 Å². The van der Waals surface area contributed by atoms with Gasteiger partial charge in [0.15, 0.2) is 0 Å². The number of rotatable bonds is 4. The molecule has 0 unspecified atom stereocenters. The quantitative estimate of drug-likeness (QED) is 0.861. The highest BCUT2D eigenvalue weighted by Gasteiger charge is 2.13. The third-order valence-corrected chi connectivity index (χ3v) is 3.53. The summed E-state index contributed by atoms with van der Waals surface area (Å²) in [5.41, 5.74) is 1.75. The van der Waals surface area contributed by atoms with Gasteiger partial charge in [-0.1, -0.05) is 6.92 Å². The van der Waals surface area contributed by atoms with Crippen LogP contribution in [0, 0.1) is 6.92 Å². The molecule has 0 aliphatic heterocycles. The number of aromatic nitrogens is 2. The molecule has 1 aromatic carbocycles. The van der Waals surface area contributed by atoms with E-state index in [1.165, 1.54) is 11.1 Å². The maximum atomic E-state index is 10.9. The predicted molar refractivity (Wildman–Crippen MR) is 71.7 cm³/mol. The minimum absolute atomic E-state index is 0.238. The van der Waals surface area contributed by atoms with Gasteiger partial charge in [0.05, 0.1) is 17.6 Å². The van der Waals surface area contributed by atoms with Crippen molar-refractivity contribution in [3.05, 3.63) is 41.7 Å². The molecule has 0 aliphatic carbocycles. The molecule has 18 heavy (non-hydrogen) atoms. The summed E-state index contributed by atoms with van der Waals surface area (Å²) >= 11 is 1.77. The van der Waals surface area contributed by atoms with Crippen LogP contribution in [-0.2, 0) is 0 Å². The lowest BCUT2D eigenvalue weighted by molar-refractivity contribution is 0.0696. The van der Waals surface area contributed by atoms with Crippen molar-refractivity contribution in [3.8, 4) is 5.69 Å². The lowest BCUT2D eigenvalue weighted by Crippen LogP contribution is -2.02. The molecule has 94 valence electrons. The monoisotopic (exact) mass is 262 g/mol. The fourth-order valence-corrected chi connectivity index (χ4v) is 2.39. The Kier molecular flexibility index (Phi) is 3.72. The predicted octanol–water partition coefficient (Wildman–Crippen LogP) is 2.99. The third kappa shape index (κ3) is 2.41. The van der Waals surface area contributed by atoms with Crippen molar-refractivity contribution in [1.29, 1.82) is 0 Å². The van der Waals surface area contributed by atoms with Crippen molar-refractivity contribution >= 4 is 17.7 Å². The number of aromatic carboxylic acids is 1. The van der Waals surface area contributed by atoms with Crippen LogP contribution < -0.4 is 0 Å². The number of thioether (sulfide) groups is 1. The Morgan fingerprint density at radius 3 is 2.56 bits per heavy atom. The molecule has 0 spiro atoms. The van der Waals surface area contributed by atoms with Gasteiger partial charge in [0.25, 0.3) is 0 Å². The van der Waals surface area contributed by atoms with Crippen LogP contribution in [-0.4, -0.2) is 26.6 Å². The first-order chi connectivity index (χ1) is 8.63. The van der Waals surface area contributed by atoms with Crippen molar-refractivity contribution in [2.45, 2.75) is 18.7 Å². The Balaban J connectivity index is 2.34. The number of carbonyl (C=O) groups is 1. The topological polar surface area (TPSA) is 55.1 Å². The lowest BCUT2D eigenvalue weighted by Gasteiger charge is -2.05. The summed E-state index contributed by atoms with van der Waals surface area (Å²) in [4.78, 5) is 12.1. The standard InChI is InChI=1S/C13H14N2O2S/c1-3-18-11-6-4-10(5-7-11)15-9(2)12(8-14-15)13(16)17/h4-8H,3H2,1-2H3,(H,16,17). The summed E-state index contributed by atoms with van der Waals surface area (Å²) in [6.45, 7) is 3.86. The fraction of sp³-hybridized carbons (Fsp3) is 0.231. The number of carboxylic acid groups (broad SMARTS) is 1. The van der Waals surface area contributed by atoms with E-state index >= 15 is 0 Å². The van der Waals surface area contributed by atoms with E-state index in [4.69, 9.17) is 5.11 Å². The first-order valence-corrected chi connectivity index (χ1v) is 6.63. The van der Waals surface area contributed by atoms with E-state index in [-0.39, 0.29) is 5.56 Å². The summed E-state index contributed by atoms with van der Waals surface area (Å²) in [5, 5.41) is 13.1. The van der Waals surface area contributed by atoms with E-state index in [0.717, 1.165) is 11.4 Å². The van der Waals surface area contributed by atoms with Gasteiger partial charge in [-0.2, -0.15) is 5.10 Å². The molecule has 0 fully saturated rings. The molecule has 0 saturated carbocycles. The number of nitrogens with zero attached hydrogens (tertiary/aromatic N) is 2. The summed E-state index contributed by atoms with van der Waals surface area (Å²) in [7, 11) is 0. The molecular weight excluding hydrogens is 248 g/mol. The fourth-order valence-electron chi connectivity index (χ4n) is 1.73. The van der Waals surface area contributed by atoms with Crippen LogP contribution in [0.4, 0.5) is 0 Å². The molecule has 1 aromatic heterocycles. The maximum Gasteiger partial charge on any atom is 0.339 e. The molecule has 1 heterocycles. The van der Waals surface area contributed by atoms with Crippen LogP contribution in [0.5, 0.6) is 0 Å². The molecule has 4 nitrogen and oxygen atoms in total. The lowest BCUT2D eigenvalue weighted by atomic mass is 10.2. The average Bonchev–Trinajstić information content (AvgIpc) is 2.73. The minimum atomic E-state index is -0.947. The summed E-state index contributed by atoms with van der Waals surface area (Å²) in [6, 6.07) is 7.93. The molecule has 5 heteroatoms. The van der Waals surface area contributed by atoms with Gasteiger partial charge in [-0.3, -0.25) is 0 Å². The van der Waals surface area contributed by atoms with E-state index in [1.807, 2.05) is 24.3 Å². The number of hydrogen-bond donors (Lipinski definition) is 1. The number of carboxylic acids is 1. The minimum Gasteiger partial charge on any atom is -0.478 e. The molecule has 0 atom stereocenters. The SMILES string of the molecule is CCSc1ccc(-n2ncc(C(=O)O)c2C)cc1. The highest BCUT2D eigenvalue weighted by molar-refractivity contribution is 7.99. The smallest absolute Gasteiger partial charge is 0.339 e. The van der Waals surface area contributed by atoms with Crippen LogP contribution in [0.3, 0.4) is 0 Å². The van der Waals surface area contributed by atoms with E-state index in [9.17, 15) is 4.79 Å². The Bertz CT molecular complexity index is 561. The Morgan fingerprint density at radius 2 is 2.06 bits per heavy atom. The summed E-state index contributed by atoms with van der Waals surface area (Å²) in [6.07, 6.45) is 1.38. The highest BCUT2D eigenvalue weighted by atomic mass is 32.2. The molecule has 0 amide bonds. The van der Waals surface area contributed by atoms with Gasteiger partial charge in [0, 0.05) is 4.90 Å². The second kappa shape index (κ2) is 5.27. The first kappa shape index (κ1) is 12.7. The average molecular weight is 262 g/mol. The highest BCUT2D eigenvalue weighted by Crippen LogP contribution is 2.20. The largest absolute Gasteiger partial charge is 0.478 e. The second-order valence-corrected chi connectivity index (χ2v) is 5.12. The van der Waals surface area contributed by atoms with Crippen LogP contribution in [0.15, 0.2) is 35.4 Å². The number of benzene rings is 1. The van der Waals surface area contributed by atoms with Crippen molar-refractivity contribution < 1.29 is 9.90 Å². The molecule has 0 radical (unpaired) electrons. The Morgan fingerprint density at radius 1 is 1.39 bits per heavy atom. The third-order valence-electron chi connectivity index (χ3n) is 2.63. The van der Waals surface area contributed by atoms with Gasteiger partial charge in [0.2, 0.25) is 0 Å². The van der Waals surface area contributed by atoms with E-state index in [2.05, 4.69) is 12.0 Å².